The lowest BCUT2D eigenvalue weighted by Gasteiger charge is -2.07. The van der Waals surface area contributed by atoms with Crippen LogP contribution in [0.25, 0.3) is 0 Å². The van der Waals surface area contributed by atoms with Gasteiger partial charge in [0.15, 0.2) is 9.84 Å². The molecule has 0 saturated heterocycles. The molecule has 134 valence electrons. The molecule has 6 heteroatoms. The Kier molecular flexibility index (Phi) is 6.58. The van der Waals surface area contributed by atoms with Gasteiger partial charge in [-0.05, 0) is 49.6 Å². The molecule has 2 aromatic carbocycles. The number of carbonyl (C=O) groups is 1. The second-order valence-electron chi connectivity index (χ2n) is 6.00. The topological polar surface area (TPSA) is 83.5 Å². The van der Waals surface area contributed by atoms with Crippen LogP contribution in [0.3, 0.4) is 0 Å². The van der Waals surface area contributed by atoms with Crippen LogP contribution < -0.4 is 5.32 Å². The highest BCUT2D eigenvalue weighted by Gasteiger charge is 2.16. The van der Waals surface area contributed by atoms with Gasteiger partial charge in [0.05, 0.1) is 10.6 Å². The average molecular weight is 361 g/mol. The lowest BCUT2D eigenvalue weighted by molar-refractivity contribution is -0.120. The van der Waals surface area contributed by atoms with Crippen molar-refractivity contribution >= 4 is 15.7 Å². The van der Waals surface area contributed by atoms with Crippen LogP contribution in [0.4, 0.5) is 0 Å². The Morgan fingerprint density at radius 2 is 1.68 bits per heavy atom. The first-order chi connectivity index (χ1) is 11.9. The first kappa shape index (κ1) is 19.0. The number of amides is 1. The molecule has 0 atom stereocenters. The van der Waals surface area contributed by atoms with E-state index in [1.54, 1.807) is 36.4 Å². The molecule has 0 aliphatic heterocycles. The van der Waals surface area contributed by atoms with E-state index in [0.29, 0.717) is 6.54 Å². The summed E-state index contributed by atoms with van der Waals surface area (Å²) in [6.45, 7) is 2.38. The van der Waals surface area contributed by atoms with Gasteiger partial charge in [0.2, 0.25) is 5.91 Å². The van der Waals surface area contributed by atoms with Crippen molar-refractivity contribution in [2.24, 2.45) is 0 Å². The molecule has 0 heterocycles. The van der Waals surface area contributed by atoms with E-state index in [9.17, 15) is 18.3 Å². The maximum absolute atomic E-state index is 12.2. The van der Waals surface area contributed by atoms with Crippen LogP contribution in [0.1, 0.15) is 24.0 Å². The van der Waals surface area contributed by atoms with Gasteiger partial charge in [0.1, 0.15) is 5.75 Å². The van der Waals surface area contributed by atoms with Gasteiger partial charge in [-0.1, -0.05) is 29.8 Å². The first-order valence-electron chi connectivity index (χ1n) is 8.21. The second kappa shape index (κ2) is 8.67. The maximum atomic E-state index is 12.2. The third-order valence-electron chi connectivity index (χ3n) is 3.88. The van der Waals surface area contributed by atoms with Crippen molar-refractivity contribution in [3.63, 3.8) is 0 Å². The number of aromatic hydroxyl groups is 1. The molecule has 2 rings (SSSR count). The number of benzene rings is 2. The lowest BCUT2D eigenvalue weighted by Crippen LogP contribution is -2.26. The van der Waals surface area contributed by atoms with Crippen LogP contribution in [0.15, 0.2) is 53.4 Å². The first-order valence-corrected chi connectivity index (χ1v) is 9.86. The zero-order chi connectivity index (χ0) is 18.3. The van der Waals surface area contributed by atoms with Gasteiger partial charge in [-0.25, -0.2) is 8.42 Å². The van der Waals surface area contributed by atoms with Gasteiger partial charge in [-0.15, -0.1) is 0 Å². The molecule has 0 fully saturated rings. The van der Waals surface area contributed by atoms with Crippen LogP contribution >= 0.6 is 0 Å². The third kappa shape index (κ3) is 6.23. The molecule has 5 nitrogen and oxygen atoms in total. The second-order valence-corrected chi connectivity index (χ2v) is 8.11. The minimum absolute atomic E-state index is 0.0462. The summed E-state index contributed by atoms with van der Waals surface area (Å²) < 4.78 is 24.4. The van der Waals surface area contributed by atoms with Crippen molar-refractivity contribution < 1.29 is 18.3 Å². The van der Waals surface area contributed by atoms with E-state index in [1.807, 2.05) is 19.1 Å². The van der Waals surface area contributed by atoms with Crippen molar-refractivity contribution in [3.8, 4) is 5.75 Å². The van der Waals surface area contributed by atoms with Crippen LogP contribution in [-0.2, 0) is 21.1 Å². The van der Waals surface area contributed by atoms with Gasteiger partial charge < -0.3 is 10.4 Å². The van der Waals surface area contributed by atoms with Gasteiger partial charge >= 0.3 is 0 Å². The monoisotopic (exact) mass is 361 g/mol. The summed E-state index contributed by atoms with van der Waals surface area (Å²) in [4.78, 5) is 12.1. The van der Waals surface area contributed by atoms with Crippen molar-refractivity contribution in [3.05, 3.63) is 59.7 Å². The van der Waals surface area contributed by atoms with E-state index in [2.05, 4.69) is 5.32 Å². The van der Waals surface area contributed by atoms with Crippen LogP contribution in [0, 0.1) is 6.92 Å². The third-order valence-corrected chi connectivity index (χ3v) is 5.61. The van der Waals surface area contributed by atoms with Crippen molar-refractivity contribution in [1.29, 1.82) is 0 Å². The number of hydrogen-bond donors (Lipinski definition) is 2. The maximum Gasteiger partial charge on any atom is 0.221 e. The molecule has 0 aromatic heterocycles. The Labute approximate surface area is 148 Å². The van der Waals surface area contributed by atoms with E-state index in [-0.39, 0.29) is 28.7 Å². The molecule has 0 bridgehead atoms. The molecule has 0 saturated carbocycles. The molecule has 2 aromatic rings. The van der Waals surface area contributed by atoms with Gasteiger partial charge in [0, 0.05) is 13.0 Å². The van der Waals surface area contributed by atoms with Crippen molar-refractivity contribution in [1.82, 2.24) is 5.32 Å². The fourth-order valence-corrected chi connectivity index (χ4v) is 3.60. The number of carbonyl (C=O) groups excluding carboxylic acids is 1. The number of aryl methyl sites for hydroxylation is 2. The molecular weight excluding hydrogens is 338 g/mol. The van der Waals surface area contributed by atoms with Crippen molar-refractivity contribution in [2.75, 3.05) is 12.3 Å². The normalized spacial score (nSPS) is 11.2. The largest absolute Gasteiger partial charge is 0.508 e. The summed E-state index contributed by atoms with van der Waals surface area (Å²) >= 11 is 0. The Balaban J connectivity index is 1.71. The molecule has 0 spiro atoms. The highest BCUT2D eigenvalue weighted by Crippen LogP contribution is 2.13. The summed E-state index contributed by atoms with van der Waals surface area (Å²) in [6, 6.07) is 13.6. The van der Waals surface area contributed by atoms with Gasteiger partial charge in [0.25, 0.3) is 0 Å². The lowest BCUT2D eigenvalue weighted by atomic mass is 10.1. The summed E-state index contributed by atoms with van der Waals surface area (Å²) in [7, 11) is -3.43. The fraction of sp³-hybridized carbons (Fsp3) is 0.316. The zero-order valence-corrected chi connectivity index (χ0v) is 15.1. The van der Waals surface area contributed by atoms with E-state index in [0.717, 1.165) is 24.0 Å². The molecule has 2 N–H and O–H groups in total. The highest BCUT2D eigenvalue weighted by molar-refractivity contribution is 7.91. The van der Waals surface area contributed by atoms with Gasteiger partial charge in [-0.3, -0.25) is 4.79 Å². The number of phenols is 1. The van der Waals surface area contributed by atoms with E-state index in [1.165, 1.54) is 0 Å². The van der Waals surface area contributed by atoms with Crippen LogP contribution in [0.2, 0.25) is 0 Å². The quantitative estimate of drug-likeness (QED) is 0.708. The Hall–Kier alpha value is -2.34. The number of sulfone groups is 1. The Bertz CT molecular complexity index is 796. The summed E-state index contributed by atoms with van der Waals surface area (Å²) in [6.07, 6.45) is 1.48. The number of nitrogens with one attached hydrogen (secondary N) is 1. The average Bonchev–Trinajstić information content (AvgIpc) is 2.59. The minimum atomic E-state index is -3.43. The molecule has 25 heavy (non-hydrogen) atoms. The zero-order valence-electron chi connectivity index (χ0n) is 14.2. The van der Waals surface area contributed by atoms with Crippen LogP contribution in [-0.4, -0.2) is 31.7 Å². The molecular formula is C19H23NO4S. The summed E-state index contributed by atoms with van der Waals surface area (Å²) in [5, 5.41) is 12.0. The smallest absolute Gasteiger partial charge is 0.221 e. The molecule has 1 amide bonds. The molecule has 0 aliphatic rings. The number of phenolic OH excluding ortho intramolecular Hbond substituents is 1. The summed E-state index contributed by atoms with van der Waals surface area (Å²) in [5.74, 6) is -0.229. The summed E-state index contributed by atoms with van der Waals surface area (Å²) in [5.41, 5.74) is 2.07. The van der Waals surface area contributed by atoms with Crippen molar-refractivity contribution in [2.45, 2.75) is 31.1 Å². The predicted octanol–water partition coefficient (Wildman–Crippen LogP) is 2.61. The highest BCUT2D eigenvalue weighted by atomic mass is 32.2. The number of rotatable bonds is 8. The minimum Gasteiger partial charge on any atom is -0.508 e. The fourth-order valence-electron chi connectivity index (χ4n) is 2.36. The standard InChI is InChI=1S/C19H23NO4S/c1-15-4-10-18(11-5-15)25(23,24)14-12-19(22)20-13-2-3-16-6-8-17(21)9-7-16/h4-11,21H,2-3,12-14H2,1H3,(H,20,22). The predicted molar refractivity (Wildman–Crippen MR) is 97.3 cm³/mol. The van der Waals surface area contributed by atoms with E-state index >= 15 is 0 Å². The Morgan fingerprint density at radius 3 is 2.32 bits per heavy atom. The Morgan fingerprint density at radius 1 is 1.04 bits per heavy atom. The molecule has 0 radical (unpaired) electrons. The molecule has 0 unspecified atom stereocenters. The van der Waals surface area contributed by atoms with E-state index in [4.69, 9.17) is 0 Å². The SMILES string of the molecule is Cc1ccc(S(=O)(=O)CCC(=O)NCCCc2ccc(O)cc2)cc1. The molecule has 0 aliphatic carbocycles. The van der Waals surface area contributed by atoms with Gasteiger partial charge in [-0.2, -0.15) is 0 Å². The van der Waals surface area contributed by atoms with E-state index < -0.39 is 9.84 Å². The number of hydrogen-bond acceptors (Lipinski definition) is 4. The van der Waals surface area contributed by atoms with Crippen LogP contribution in [0.5, 0.6) is 5.75 Å².